The molecule has 0 saturated carbocycles. The Morgan fingerprint density at radius 1 is 1.16 bits per heavy atom. The number of benzene rings is 1. The number of nitrogens with two attached hydrogens (primary N) is 1. The first-order valence-electron chi connectivity index (χ1n) is 6.62. The summed E-state index contributed by atoms with van der Waals surface area (Å²) in [5.74, 6) is 5.54. The van der Waals surface area contributed by atoms with Crippen LogP contribution in [0.5, 0.6) is 0 Å². The average molecular weight is 262 g/mol. The Hall–Kier alpha value is -1.35. The summed E-state index contributed by atoms with van der Waals surface area (Å²) < 4.78 is 0. The van der Waals surface area contributed by atoms with Gasteiger partial charge in [0.2, 0.25) is 5.91 Å². The van der Waals surface area contributed by atoms with Crippen LogP contribution in [0.4, 0.5) is 0 Å². The molecule has 3 nitrogen and oxygen atoms in total. The Balaban J connectivity index is 3.38. The Morgan fingerprint density at radius 3 is 2.11 bits per heavy atom. The number of aryl methyl sites for hydroxylation is 1. The van der Waals surface area contributed by atoms with Crippen molar-refractivity contribution in [2.75, 3.05) is 7.05 Å². The summed E-state index contributed by atoms with van der Waals surface area (Å²) in [6.07, 6.45) is 0. The molecule has 106 valence electrons. The minimum atomic E-state index is -0.616. The van der Waals surface area contributed by atoms with Gasteiger partial charge in [0.1, 0.15) is 0 Å². The molecule has 0 unspecified atom stereocenters. The molecule has 1 rings (SSSR count). The largest absolute Gasteiger partial charge is 0.283 e. The van der Waals surface area contributed by atoms with Crippen molar-refractivity contribution in [1.82, 2.24) is 5.01 Å². The van der Waals surface area contributed by atoms with E-state index in [0.717, 1.165) is 11.1 Å². The molecular weight excluding hydrogens is 236 g/mol. The lowest BCUT2D eigenvalue weighted by Crippen LogP contribution is -2.45. The number of rotatable bonds is 2. The van der Waals surface area contributed by atoms with E-state index < -0.39 is 5.41 Å². The van der Waals surface area contributed by atoms with E-state index >= 15 is 0 Å². The molecular formula is C16H26N2O. The molecule has 0 aliphatic carbocycles. The summed E-state index contributed by atoms with van der Waals surface area (Å²) in [6.45, 7) is 12.4. The lowest BCUT2D eigenvalue weighted by molar-refractivity contribution is -0.135. The molecule has 2 N–H and O–H groups in total. The molecule has 0 bridgehead atoms. The number of amides is 1. The van der Waals surface area contributed by atoms with Crippen molar-refractivity contribution in [3.63, 3.8) is 0 Å². The smallest absolute Gasteiger partial charge is 0.246 e. The van der Waals surface area contributed by atoms with E-state index in [1.54, 1.807) is 7.05 Å². The van der Waals surface area contributed by atoms with Crippen LogP contribution in [-0.2, 0) is 15.6 Å². The molecule has 0 aromatic heterocycles. The quantitative estimate of drug-likeness (QED) is 0.506. The maximum atomic E-state index is 12.3. The highest BCUT2D eigenvalue weighted by Gasteiger charge is 2.33. The summed E-state index contributed by atoms with van der Waals surface area (Å²) in [5.41, 5.74) is 2.84. The van der Waals surface area contributed by atoms with Crippen LogP contribution >= 0.6 is 0 Å². The lowest BCUT2D eigenvalue weighted by atomic mass is 9.77. The van der Waals surface area contributed by atoms with Gasteiger partial charge in [-0.05, 0) is 42.9 Å². The standard InChI is InChI=1S/C16H26N2O/c1-11-8-9-12(15(2,3)4)10-13(11)16(5,6)14(19)18(7)17/h8-10H,17H2,1-7H3. The molecule has 0 atom stereocenters. The molecule has 0 radical (unpaired) electrons. The first-order chi connectivity index (χ1) is 8.48. The zero-order valence-corrected chi connectivity index (χ0v) is 13.2. The molecule has 0 aliphatic rings. The van der Waals surface area contributed by atoms with E-state index in [1.807, 2.05) is 20.8 Å². The SMILES string of the molecule is Cc1ccc(C(C)(C)C)cc1C(C)(C)C(=O)N(C)N. The molecule has 0 heterocycles. The third kappa shape index (κ3) is 3.16. The van der Waals surface area contributed by atoms with Gasteiger partial charge in [0, 0.05) is 7.05 Å². The van der Waals surface area contributed by atoms with Crippen molar-refractivity contribution >= 4 is 5.91 Å². The van der Waals surface area contributed by atoms with E-state index in [-0.39, 0.29) is 11.3 Å². The second-order valence-corrected chi connectivity index (χ2v) is 6.82. The first kappa shape index (κ1) is 15.7. The minimum absolute atomic E-state index is 0.0657. The van der Waals surface area contributed by atoms with Crippen molar-refractivity contribution in [2.45, 2.75) is 52.4 Å². The molecule has 1 aromatic rings. The Morgan fingerprint density at radius 2 is 1.68 bits per heavy atom. The van der Waals surface area contributed by atoms with Crippen LogP contribution in [0.25, 0.3) is 0 Å². The third-order valence-electron chi connectivity index (χ3n) is 3.63. The molecule has 1 amide bonds. The average Bonchev–Trinajstić information content (AvgIpc) is 2.26. The molecule has 0 fully saturated rings. The number of hydrogen-bond acceptors (Lipinski definition) is 2. The molecule has 1 aromatic carbocycles. The minimum Gasteiger partial charge on any atom is -0.283 e. The summed E-state index contributed by atoms with van der Waals surface area (Å²) in [5, 5.41) is 1.17. The number of likely N-dealkylation sites (N-methyl/N-ethyl adjacent to an activating group) is 1. The van der Waals surface area contributed by atoms with Crippen molar-refractivity contribution in [1.29, 1.82) is 0 Å². The van der Waals surface area contributed by atoms with Crippen LogP contribution in [-0.4, -0.2) is 18.0 Å². The van der Waals surface area contributed by atoms with Gasteiger partial charge in [0.05, 0.1) is 5.41 Å². The monoisotopic (exact) mass is 262 g/mol. The molecule has 0 saturated heterocycles. The fourth-order valence-corrected chi connectivity index (χ4v) is 2.32. The number of carbonyl (C=O) groups excluding carboxylic acids is 1. The van der Waals surface area contributed by atoms with Crippen molar-refractivity contribution < 1.29 is 4.79 Å². The number of hydrazine groups is 1. The van der Waals surface area contributed by atoms with Gasteiger partial charge >= 0.3 is 0 Å². The highest BCUT2D eigenvalue weighted by atomic mass is 16.2. The first-order valence-corrected chi connectivity index (χ1v) is 6.62. The zero-order chi connectivity index (χ0) is 15.0. The van der Waals surface area contributed by atoms with Gasteiger partial charge in [-0.2, -0.15) is 0 Å². The van der Waals surface area contributed by atoms with Gasteiger partial charge in [-0.3, -0.25) is 9.80 Å². The normalized spacial score (nSPS) is 12.4. The predicted molar refractivity (Wildman–Crippen MR) is 79.9 cm³/mol. The molecule has 0 aliphatic heterocycles. The van der Waals surface area contributed by atoms with Crippen LogP contribution in [0.15, 0.2) is 18.2 Å². The zero-order valence-electron chi connectivity index (χ0n) is 13.2. The van der Waals surface area contributed by atoms with Gasteiger partial charge in [-0.25, -0.2) is 5.84 Å². The molecule has 0 spiro atoms. The second-order valence-electron chi connectivity index (χ2n) is 6.82. The van der Waals surface area contributed by atoms with E-state index in [1.165, 1.54) is 10.6 Å². The van der Waals surface area contributed by atoms with Crippen molar-refractivity contribution in [2.24, 2.45) is 5.84 Å². The second kappa shape index (κ2) is 4.97. The van der Waals surface area contributed by atoms with E-state index in [4.69, 9.17) is 5.84 Å². The highest BCUT2D eigenvalue weighted by Crippen LogP contribution is 2.32. The van der Waals surface area contributed by atoms with Gasteiger partial charge in [0.25, 0.3) is 0 Å². The summed E-state index contributed by atoms with van der Waals surface area (Å²) >= 11 is 0. The van der Waals surface area contributed by atoms with Gasteiger partial charge < -0.3 is 0 Å². The van der Waals surface area contributed by atoms with E-state index in [0.29, 0.717) is 0 Å². The van der Waals surface area contributed by atoms with Gasteiger partial charge in [-0.15, -0.1) is 0 Å². The van der Waals surface area contributed by atoms with E-state index in [9.17, 15) is 4.79 Å². The van der Waals surface area contributed by atoms with Crippen LogP contribution in [0.3, 0.4) is 0 Å². The fraction of sp³-hybridized carbons (Fsp3) is 0.562. The number of nitrogens with zero attached hydrogens (tertiary/aromatic N) is 1. The van der Waals surface area contributed by atoms with Crippen LogP contribution < -0.4 is 5.84 Å². The summed E-state index contributed by atoms with van der Waals surface area (Å²) in [6, 6.07) is 6.35. The predicted octanol–water partition coefficient (Wildman–Crippen LogP) is 2.90. The maximum absolute atomic E-state index is 12.3. The molecule has 3 heteroatoms. The fourth-order valence-electron chi connectivity index (χ4n) is 2.32. The topological polar surface area (TPSA) is 46.3 Å². The van der Waals surface area contributed by atoms with Crippen molar-refractivity contribution in [3.8, 4) is 0 Å². The number of carbonyl (C=O) groups is 1. The van der Waals surface area contributed by atoms with Gasteiger partial charge in [-0.1, -0.05) is 39.0 Å². The number of hydrogen-bond donors (Lipinski definition) is 1. The van der Waals surface area contributed by atoms with Crippen molar-refractivity contribution in [3.05, 3.63) is 34.9 Å². The highest BCUT2D eigenvalue weighted by molar-refractivity contribution is 5.87. The van der Waals surface area contributed by atoms with Crippen LogP contribution in [0, 0.1) is 6.92 Å². The van der Waals surface area contributed by atoms with E-state index in [2.05, 4.69) is 39.0 Å². The summed E-state index contributed by atoms with van der Waals surface area (Å²) in [7, 11) is 1.59. The van der Waals surface area contributed by atoms with Gasteiger partial charge in [0.15, 0.2) is 0 Å². The Kier molecular flexibility index (Phi) is 4.11. The van der Waals surface area contributed by atoms with Crippen LogP contribution in [0.1, 0.15) is 51.3 Å². The third-order valence-corrected chi connectivity index (χ3v) is 3.63. The summed E-state index contributed by atoms with van der Waals surface area (Å²) in [4.78, 5) is 12.3. The van der Waals surface area contributed by atoms with Crippen LogP contribution in [0.2, 0.25) is 0 Å². The Bertz CT molecular complexity index is 482. The maximum Gasteiger partial charge on any atom is 0.246 e. The Labute approximate surface area is 116 Å². The lowest BCUT2D eigenvalue weighted by Gasteiger charge is -2.30. The molecule has 19 heavy (non-hydrogen) atoms.